The van der Waals surface area contributed by atoms with Gasteiger partial charge >= 0.3 is 0 Å². The molecule has 0 unspecified atom stereocenters. The highest BCUT2D eigenvalue weighted by Gasteiger charge is 2.36. The van der Waals surface area contributed by atoms with Crippen molar-refractivity contribution in [1.29, 1.82) is 0 Å². The fourth-order valence-corrected chi connectivity index (χ4v) is 7.74. The largest absolute Gasteiger partial charge is 0.310 e. The van der Waals surface area contributed by atoms with Crippen LogP contribution >= 0.6 is 0 Å². The third kappa shape index (κ3) is 4.26. The molecule has 2 heteroatoms. The van der Waals surface area contributed by atoms with Gasteiger partial charge in [0.15, 0.2) is 0 Å². The summed E-state index contributed by atoms with van der Waals surface area (Å²) >= 11 is 0. The average Bonchev–Trinajstić information content (AvgIpc) is 3.58. The van der Waals surface area contributed by atoms with Gasteiger partial charge in [0.2, 0.25) is 0 Å². The molecule has 47 heavy (non-hydrogen) atoms. The summed E-state index contributed by atoms with van der Waals surface area (Å²) in [4.78, 5) is 2.47. The average molecular weight is 603 g/mol. The third-order valence-corrected chi connectivity index (χ3v) is 9.95. The molecule has 0 saturated heterocycles. The van der Waals surface area contributed by atoms with E-state index in [4.69, 9.17) is 0 Å². The normalized spacial score (nSPS) is 13.1. The molecule has 0 radical (unpaired) electrons. The topological polar surface area (TPSA) is 8.17 Å². The molecular weight excluding hydrogens is 569 g/mol. The molecule has 0 bridgehead atoms. The fourth-order valence-electron chi connectivity index (χ4n) is 7.74. The molecule has 8 aromatic rings. The zero-order valence-corrected chi connectivity index (χ0v) is 26.6. The van der Waals surface area contributed by atoms with Gasteiger partial charge in [-0.2, -0.15) is 0 Å². The second kappa shape index (κ2) is 10.6. The van der Waals surface area contributed by atoms with E-state index in [1.54, 1.807) is 0 Å². The maximum atomic E-state index is 2.47. The third-order valence-electron chi connectivity index (χ3n) is 9.95. The number of fused-ring (bicyclic) bond motifs is 6. The minimum absolute atomic E-state index is 0.102. The first-order valence-electron chi connectivity index (χ1n) is 16.4. The maximum Gasteiger partial charge on any atom is 0.0568 e. The van der Waals surface area contributed by atoms with Crippen molar-refractivity contribution in [2.75, 3.05) is 4.90 Å². The van der Waals surface area contributed by atoms with E-state index in [1.807, 2.05) is 0 Å². The quantitative estimate of drug-likeness (QED) is 0.190. The molecule has 7 aromatic carbocycles. The Bertz CT molecular complexity index is 2420. The van der Waals surface area contributed by atoms with Crippen LogP contribution < -0.4 is 4.90 Å². The van der Waals surface area contributed by atoms with Crippen LogP contribution in [0.4, 0.5) is 17.1 Å². The minimum Gasteiger partial charge on any atom is -0.310 e. The van der Waals surface area contributed by atoms with E-state index in [0.29, 0.717) is 0 Å². The lowest BCUT2D eigenvalue weighted by Crippen LogP contribution is -2.16. The number of para-hydroxylation sites is 3. The first-order chi connectivity index (χ1) is 23.1. The second-order valence-electron chi connectivity index (χ2n) is 13.0. The van der Waals surface area contributed by atoms with Gasteiger partial charge in [0.05, 0.1) is 16.7 Å². The minimum atomic E-state index is -0.102. The smallest absolute Gasteiger partial charge is 0.0568 e. The number of hydrogen-bond donors (Lipinski definition) is 0. The monoisotopic (exact) mass is 602 g/mol. The number of hydrogen-bond acceptors (Lipinski definition) is 1. The van der Waals surface area contributed by atoms with Crippen molar-refractivity contribution < 1.29 is 0 Å². The summed E-state index contributed by atoms with van der Waals surface area (Å²) in [7, 11) is 0. The molecule has 0 saturated carbocycles. The molecule has 1 heterocycles. The van der Waals surface area contributed by atoms with Gasteiger partial charge in [-0.1, -0.05) is 129 Å². The summed E-state index contributed by atoms with van der Waals surface area (Å²) in [5.74, 6) is 0. The van der Waals surface area contributed by atoms with Gasteiger partial charge in [-0.15, -0.1) is 0 Å². The Balaban J connectivity index is 1.39. The summed E-state index contributed by atoms with van der Waals surface area (Å²) in [5, 5.41) is 2.46. The van der Waals surface area contributed by atoms with E-state index in [0.717, 1.165) is 22.7 Å². The van der Waals surface area contributed by atoms with Crippen molar-refractivity contribution in [3.8, 4) is 27.9 Å². The fraction of sp³-hybridized carbons (Fsp3) is 0.0667. The summed E-state index contributed by atoms with van der Waals surface area (Å²) in [5.41, 5.74) is 14.7. The van der Waals surface area contributed by atoms with Crippen molar-refractivity contribution in [1.82, 2.24) is 4.57 Å². The SMILES string of the molecule is CC1(C)c2ccccc2-c2ccc(N(c3ccccc3)c3cc(-c4ccccc4)cc4c3c3ccccc3n4-c3ccccc3)cc21. The van der Waals surface area contributed by atoms with Gasteiger partial charge in [0.1, 0.15) is 0 Å². The summed E-state index contributed by atoms with van der Waals surface area (Å²) < 4.78 is 2.42. The van der Waals surface area contributed by atoms with E-state index in [9.17, 15) is 0 Å². The molecule has 0 N–H and O–H groups in total. The number of nitrogens with zero attached hydrogens (tertiary/aromatic N) is 2. The Labute approximate surface area is 275 Å². The maximum absolute atomic E-state index is 2.47. The molecule has 0 aliphatic heterocycles. The Morgan fingerprint density at radius 3 is 1.89 bits per heavy atom. The van der Waals surface area contributed by atoms with Gasteiger partial charge in [-0.25, -0.2) is 0 Å². The lowest BCUT2D eigenvalue weighted by atomic mass is 9.82. The van der Waals surface area contributed by atoms with Crippen LogP contribution in [-0.2, 0) is 5.41 Å². The summed E-state index contributed by atoms with van der Waals surface area (Å²) in [6.07, 6.45) is 0. The van der Waals surface area contributed by atoms with Gasteiger partial charge < -0.3 is 9.47 Å². The van der Waals surface area contributed by atoms with Crippen LogP contribution in [0.2, 0.25) is 0 Å². The van der Waals surface area contributed by atoms with Crippen LogP contribution in [0.5, 0.6) is 0 Å². The number of aromatic nitrogens is 1. The summed E-state index contributed by atoms with van der Waals surface area (Å²) in [6, 6.07) is 61.9. The van der Waals surface area contributed by atoms with E-state index in [2.05, 4.69) is 193 Å². The van der Waals surface area contributed by atoms with Gasteiger partial charge in [-0.3, -0.25) is 0 Å². The Morgan fingerprint density at radius 1 is 0.468 bits per heavy atom. The van der Waals surface area contributed by atoms with Crippen LogP contribution in [-0.4, -0.2) is 4.57 Å². The predicted octanol–water partition coefficient (Wildman–Crippen LogP) is 12.2. The first kappa shape index (κ1) is 27.5. The van der Waals surface area contributed by atoms with Crippen LogP contribution in [0.3, 0.4) is 0 Å². The highest BCUT2D eigenvalue weighted by Crippen LogP contribution is 2.52. The van der Waals surface area contributed by atoms with Gasteiger partial charge in [0, 0.05) is 33.2 Å². The molecule has 0 amide bonds. The first-order valence-corrected chi connectivity index (χ1v) is 16.4. The molecule has 1 aliphatic rings. The molecule has 224 valence electrons. The van der Waals surface area contributed by atoms with E-state index >= 15 is 0 Å². The number of benzene rings is 7. The second-order valence-corrected chi connectivity index (χ2v) is 13.0. The van der Waals surface area contributed by atoms with E-state index < -0.39 is 0 Å². The highest BCUT2D eigenvalue weighted by molar-refractivity contribution is 6.17. The molecule has 1 aromatic heterocycles. The Kier molecular flexibility index (Phi) is 6.20. The van der Waals surface area contributed by atoms with Crippen LogP contribution in [0.1, 0.15) is 25.0 Å². The van der Waals surface area contributed by atoms with Crippen LogP contribution in [0.15, 0.2) is 170 Å². The lowest BCUT2D eigenvalue weighted by Gasteiger charge is -2.29. The van der Waals surface area contributed by atoms with Crippen molar-refractivity contribution in [3.63, 3.8) is 0 Å². The molecule has 0 atom stereocenters. The molecule has 0 spiro atoms. The van der Waals surface area contributed by atoms with Crippen molar-refractivity contribution in [2.24, 2.45) is 0 Å². The van der Waals surface area contributed by atoms with Gasteiger partial charge in [-0.05, 0) is 88.0 Å². The molecule has 1 aliphatic carbocycles. The molecule has 0 fully saturated rings. The highest BCUT2D eigenvalue weighted by atomic mass is 15.1. The van der Waals surface area contributed by atoms with Crippen molar-refractivity contribution in [2.45, 2.75) is 19.3 Å². The molecule has 9 rings (SSSR count). The Hall–Kier alpha value is -5.86. The van der Waals surface area contributed by atoms with Crippen molar-refractivity contribution in [3.05, 3.63) is 181 Å². The van der Waals surface area contributed by atoms with Crippen LogP contribution in [0.25, 0.3) is 49.7 Å². The predicted molar refractivity (Wildman–Crippen MR) is 198 cm³/mol. The Morgan fingerprint density at radius 2 is 1.11 bits per heavy atom. The standard InChI is InChI=1S/C45H34N2/c1-45(2)39-24-14-12-22-36(39)37-27-26-35(30-40(37)45)46(33-18-8-4-9-19-33)42-28-32(31-16-6-3-7-17-31)29-43-44(42)38-23-13-15-25-41(38)47(43)34-20-10-5-11-21-34/h3-30H,1-2H3. The number of anilines is 3. The number of rotatable bonds is 5. The molecular formula is C45H34N2. The summed E-state index contributed by atoms with van der Waals surface area (Å²) in [6.45, 7) is 4.71. The van der Waals surface area contributed by atoms with E-state index in [-0.39, 0.29) is 5.41 Å². The molecule has 2 nitrogen and oxygen atoms in total. The zero-order valence-electron chi connectivity index (χ0n) is 26.6. The van der Waals surface area contributed by atoms with Gasteiger partial charge in [0.25, 0.3) is 0 Å². The zero-order chi connectivity index (χ0) is 31.5. The van der Waals surface area contributed by atoms with E-state index in [1.165, 1.54) is 55.2 Å². The van der Waals surface area contributed by atoms with Crippen LogP contribution in [0, 0.1) is 0 Å². The lowest BCUT2D eigenvalue weighted by molar-refractivity contribution is 0.660. The van der Waals surface area contributed by atoms with Crippen molar-refractivity contribution >= 4 is 38.9 Å².